The van der Waals surface area contributed by atoms with Gasteiger partial charge in [0.25, 0.3) is 0 Å². The number of phenolic OH excluding ortho intramolecular Hbond substituents is 1. The number of hydrogen-bond donors (Lipinski definition) is 2. The van der Waals surface area contributed by atoms with Crippen LogP contribution >= 0.6 is 15.9 Å². The second-order valence-electron chi connectivity index (χ2n) is 3.66. The summed E-state index contributed by atoms with van der Waals surface area (Å²) in [7, 11) is 1.53. The number of ether oxygens (including phenoxy) is 1. The summed E-state index contributed by atoms with van der Waals surface area (Å²) in [6, 6.07) is 3.58. The Morgan fingerprint density at radius 1 is 1.50 bits per heavy atom. The van der Waals surface area contributed by atoms with Crippen LogP contribution in [0, 0.1) is 0 Å². The van der Waals surface area contributed by atoms with Crippen LogP contribution in [0.15, 0.2) is 16.6 Å². The van der Waals surface area contributed by atoms with Crippen molar-refractivity contribution in [3.05, 3.63) is 22.2 Å². The van der Waals surface area contributed by atoms with Crippen molar-refractivity contribution in [3.63, 3.8) is 0 Å². The lowest BCUT2D eigenvalue weighted by molar-refractivity contribution is 0.367. The molecule has 0 bridgehead atoms. The van der Waals surface area contributed by atoms with E-state index in [1.54, 1.807) is 6.07 Å². The SMILES string of the molecule is COc1cc(Br)cc(C2(N)CC2)c1O. The first-order valence-electron chi connectivity index (χ1n) is 4.43. The van der Waals surface area contributed by atoms with E-state index in [9.17, 15) is 5.11 Å². The highest BCUT2D eigenvalue weighted by Gasteiger charge is 2.42. The first-order chi connectivity index (χ1) is 6.57. The van der Waals surface area contributed by atoms with Crippen LogP contribution in [0.3, 0.4) is 0 Å². The summed E-state index contributed by atoms with van der Waals surface area (Å²) in [6.07, 6.45) is 1.83. The Morgan fingerprint density at radius 2 is 2.14 bits per heavy atom. The zero-order chi connectivity index (χ0) is 10.3. The smallest absolute Gasteiger partial charge is 0.162 e. The molecule has 0 aromatic heterocycles. The minimum atomic E-state index is -0.346. The summed E-state index contributed by atoms with van der Waals surface area (Å²) < 4.78 is 5.93. The standard InChI is InChI=1S/C10H12BrNO2/c1-14-8-5-6(11)4-7(9(8)13)10(12)2-3-10/h4-5,13H,2-3,12H2,1H3. The summed E-state index contributed by atoms with van der Waals surface area (Å²) in [5, 5.41) is 9.86. The van der Waals surface area contributed by atoms with Crippen molar-refractivity contribution in [2.75, 3.05) is 7.11 Å². The number of halogens is 1. The molecule has 0 spiro atoms. The van der Waals surface area contributed by atoms with Gasteiger partial charge in [0.05, 0.1) is 7.11 Å². The van der Waals surface area contributed by atoms with E-state index in [4.69, 9.17) is 10.5 Å². The van der Waals surface area contributed by atoms with Gasteiger partial charge in [0, 0.05) is 15.6 Å². The van der Waals surface area contributed by atoms with Gasteiger partial charge < -0.3 is 15.6 Å². The zero-order valence-electron chi connectivity index (χ0n) is 7.88. The van der Waals surface area contributed by atoms with Crippen LogP contribution in [-0.2, 0) is 5.54 Å². The highest BCUT2D eigenvalue weighted by molar-refractivity contribution is 9.10. The van der Waals surface area contributed by atoms with Crippen LogP contribution in [0.4, 0.5) is 0 Å². The Bertz CT molecular complexity index is 375. The van der Waals surface area contributed by atoms with Gasteiger partial charge in [-0.05, 0) is 25.0 Å². The van der Waals surface area contributed by atoms with Gasteiger partial charge in [-0.25, -0.2) is 0 Å². The molecule has 0 amide bonds. The fraction of sp³-hybridized carbons (Fsp3) is 0.400. The van der Waals surface area contributed by atoms with E-state index in [1.165, 1.54) is 7.11 Å². The van der Waals surface area contributed by atoms with Crippen LogP contribution in [-0.4, -0.2) is 12.2 Å². The molecular formula is C10H12BrNO2. The zero-order valence-corrected chi connectivity index (χ0v) is 9.47. The number of phenols is 1. The van der Waals surface area contributed by atoms with Crippen LogP contribution in [0.5, 0.6) is 11.5 Å². The van der Waals surface area contributed by atoms with Gasteiger partial charge in [0.1, 0.15) is 0 Å². The van der Waals surface area contributed by atoms with E-state index in [0.29, 0.717) is 5.75 Å². The molecule has 0 atom stereocenters. The van der Waals surface area contributed by atoms with E-state index in [1.807, 2.05) is 6.07 Å². The maximum atomic E-state index is 9.86. The average molecular weight is 258 g/mol. The summed E-state index contributed by atoms with van der Waals surface area (Å²) in [5.41, 5.74) is 6.45. The molecular weight excluding hydrogens is 246 g/mol. The van der Waals surface area contributed by atoms with Crippen LogP contribution < -0.4 is 10.5 Å². The molecule has 0 saturated heterocycles. The van der Waals surface area contributed by atoms with Gasteiger partial charge in [0.2, 0.25) is 0 Å². The van der Waals surface area contributed by atoms with Crippen LogP contribution in [0.1, 0.15) is 18.4 Å². The Hall–Kier alpha value is -0.740. The van der Waals surface area contributed by atoms with Gasteiger partial charge in [-0.3, -0.25) is 0 Å². The largest absolute Gasteiger partial charge is 0.504 e. The van der Waals surface area contributed by atoms with Crippen LogP contribution in [0.25, 0.3) is 0 Å². The minimum Gasteiger partial charge on any atom is -0.504 e. The molecule has 2 rings (SSSR count). The van der Waals surface area contributed by atoms with E-state index < -0.39 is 0 Å². The molecule has 1 aliphatic carbocycles. The third kappa shape index (κ3) is 1.48. The van der Waals surface area contributed by atoms with Crippen molar-refractivity contribution < 1.29 is 9.84 Å². The van der Waals surface area contributed by atoms with Crippen LogP contribution in [0.2, 0.25) is 0 Å². The maximum Gasteiger partial charge on any atom is 0.162 e. The summed E-state index contributed by atoms with van der Waals surface area (Å²) in [5.74, 6) is 0.627. The van der Waals surface area contributed by atoms with E-state index in [-0.39, 0.29) is 11.3 Å². The fourth-order valence-corrected chi connectivity index (χ4v) is 1.95. The van der Waals surface area contributed by atoms with Crippen molar-refractivity contribution >= 4 is 15.9 Å². The monoisotopic (exact) mass is 257 g/mol. The molecule has 0 aliphatic heterocycles. The predicted molar refractivity (Wildman–Crippen MR) is 57.5 cm³/mol. The molecule has 14 heavy (non-hydrogen) atoms. The predicted octanol–water partition coefficient (Wildman–Crippen LogP) is 2.11. The van der Waals surface area contributed by atoms with Crippen molar-refractivity contribution in [1.82, 2.24) is 0 Å². The number of nitrogens with two attached hydrogens (primary N) is 1. The highest BCUT2D eigenvalue weighted by Crippen LogP contribution is 2.49. The molecule has 76 valence electrons. The lowest BCUT2D eigenvalue weighted by atomic mass is 10.0. The number of methoxy groups -OCH3 is 1. The number of aromatic hydroxyl groups is 1. The average Bonchev–Trinajstić information content (AvgIpc) is 2.88. The quantitative estimate of drug-likeness (QED) is 0.854. The molecule has 3 nitrogen and oxygen atoms in total. The van der Waals surface area contributed by atoms with Gasteiger partial charge in [-0.2, -0.15) is 0 Å². The van der Waals surface area contributed by atoms with Crippen molar-refractivity contribution in [3.8, 4) is 11.5 Å². The Kier molecular flexibility index (Phi) is 2.20. The lowest BCUT2D eigenvalue weighted by Crippen LogP contribution is -2.18. The molecule has 1 fully saturated rings. The summed E-state index contributed by atoms with van der Waals surface area (Å²) in [6.45, 7) is 0. The number of rotatable bonds is 2. The molecule has 1 saturated carbocycles. The lowest BCUT2D eigenvalue weighted by Gasteiger charge is -2.14. The minimum absolute atomic E-state index is 0.163. The first-order valence-corrected chi connectivity index (χ1v) is 5.22. The van der Waals surface area contributed by atoms with Gasteiger partial charge in [0.15, 0.2) is 11.5 Å². The van der Waals surface area contributed by atoms with Crippen molar-refractivity contribution in [1.29, 1.82) is 0 Å². The van der Waals surface area contributed by atoms with Gasteiger partial charge in [-0.15, -0.1) is 0 Å². The van der Waals surface area contributed by atoms with Gasteiger partial charge >= 0.3 is 0 Å². The molecule has 3 N–H and O–H groups in total. The summed E-state index contributed by atoms with van der Waals surface area (Å²) >= 11 is 3.36. The maximum absolute atomic E-state index is 9.86. The van der Waals surface area contributed by atoms with E-state index in [2.05, 4.69) is 15.9 Å². The fourth-order valence-electron chi connectivity index (χ4n) is 1.51. The molecule has 1 aliphatic rings. The Labute approximate surface area is 91.0 Å². The Morgan fingerprint density at radius 3 is 2.64 bits per heavy atom. The highest BCUT2D eigenvalue weighted by atomic mass is 79.9. The Balaban J connectivity index is 2.54. The molecule has 0 heterocycles. The third-order valence-corrected chi connectivity index (χ3v) is 3.04. The first kappa shape index (κ1) is 9.80. The molecule has 1 aromatic carbocycles. The normalized spacial score (nSPS) is 17.9. The second-order valence-corrected chi connectivity index (χ2v) is 4.58. The molecule has 4 heteroatoms. The van der Waals surface area contributed by atoms with E-state index in [0.717, 1.165) is 22.9 Å². The number of benzene rings is 1. The molecule has 0 radical (unpaired) electrons. The van der Waals surface area contributed by atoms with Gasteiger partial charge in [-0.1, -0.05) is 15.9 Å². The molecule has 0 unspecified atom stereocenters. The molecule has 1 aromatic rings. The van der Waals surface area contributed by atoms with Crippen molar-refractivity contribution in [2.45, 2.75) is 18.4 Å². The number of hydrogen-bond acceptors (Lipinski definition) is 3. The second kappa shape index (κ2) is 3.14. The third-order valence-electron chi connectivity index (χ3n) is 2.58. The topological polar surface area (TPSA) is 55.5 Å². The van der Waals surface area contributed by atoms with E-state index >= 15 is 0 Å². The summed E-state index contributed by atoms with van der Waals surface area (Å²) in [4.78, 5) is 0. The van der Waals surface area contributed by atoms with Crippen molar-refractivity contribution in [2.24, 2.45) is 5.73 Å².